The number of carbonyl (C=O) groups is 1. The molecule has 19 heavy (non-hydrogen) atoms. The Morgan fingerprint density at radius 1 is 1.26 bits per heavy atom. The molecule has 0 aliphatic rings. The molecule has 100 valence electrons. The fourth-order valence-electron chi connectivity index (χ4n) is 1.84. The number of benzene rings is 1. The van der Waals surface area contributed by atoms with Gasteiger partial charge in [-0.25, -0.2) is 9.78 Å². The second-order valence-corrected chi connectivity index (χ2v) is 4.12. The molecular formula is C14H18N4O. The van der Waals surface area contributed by atoms with E-state index in [4.69, 9.17) is 0 Å². The summed E-state index contributed by atoms with van der Waals surface area (Å²) in [7, 11) is 0. The molecule has 1 N–H and O–H groups in total. The number of carbonyl (C=O) groups excluding carboxylic acids is 1. The van der Waals surface area contributed by atoms with Gasteiger partial charge in [-0.05, 0) is 38.1 Å². The molecule has 5 heteroatoms. The number of anilines is 1. The number of nitrogens with one attached hydrogen (secondary N) is 1. The van der Waals surface area contributed by atoms with Gasteiger partial charge in [0.2, 0.25) is 0 Å². The van der Waals surface area contributed by atoms with E-state index in [1.807, 2.05) is 48.9 Å². The van der Waals surface area contributed by atoms with Crippen molar-refractivity contribution in [3.63, 3.8) is 0 Å². The van der Waals surface area contributed by atoms with Crippen molar-refractivity contribution in [2.24, 2.45) is 0 Å². The summed E-state index contributed by atoms with van der Waals surface area (Å²) in [6, 6.07) is 7.59. The molecule has 0 spiro atoms. The first-order valence-electron chi connectivity index (χ1n) is 6.39. The van der Waals surface area contributed by atoms with Crippen molar-refractivity contribution in [2.75, 3.05) is 18.4 Å². The van der Waals surface area contributed by atoms with Crippen LogP contribution in [0.3, 0.4) is 0 Å². The van der Waals surface area contributed by atoms with Crippen molar-refractivity contribution in [1.82, 2.24) is 14.5 Å². The van der Waals surface area contributed by atoms with Gasteiger partial charge in [-0.3, -0.25) is 0 Å². The fraction of sp³-hybridized carbons (Fsp3) is 0.286. The molecular weight excluding hydrogens is 240 g/mol. The Hall–Kier alpha value is -2.30. The first-order valence-corrected chi connectivity index (χ1v) is 6.39. The van der Waals surface area contributed by atoms with Gasteiger partial charge in [0, 0.05) is 36.9 Å². The summed E-state index contributed by atoms with van der Waals surface area (Å²) in [4.78, 5) is 17.6. The maximum absolute atomic E-state index is 11.9. The maximum Gasteiger partial charge on any atom is 0.321 e. The number of amides is 2. The van der Waals surface area contributed by atoms with Crippen LogP contribution < -0.4 is 5.32 Å². The highest BCUT2D eigenvalue weighted by molar-refractivity contribution is 5.89. The number of hydrogen-bond donors (Lipinski definition) is 1. The van der Waals surface area contributed by atoms with Crippen LogP contribution >= 0.6 is 0 Å². The second-order valence-electron chi connectivity index (χ2n) is 4.12. The summed E-state index contributed by atoms with van der Waals surface area (Å²) in [5.41, 5.74) is 1.80. The second kappa shape index (κ2) is 6.04. The Balaban J connectivity index is 2.05. The van der Waals surface area contributed by atoms with E-state index in [2.05, 4.69) is 10.3 Å². The zero-order valence-electron chi connectivity index (χ0n) is 11.2. The Morgan fingerprint density at radius 3 is 2.47 bits per heavy atom. The monoisotopic (exact) mass is 258 g/mol. The minimum Gasteiger partial charge on any atom is -0.325 e. The number of rotatable bonds is 4. The third-order valence-corrected chi connectivity index (χ3v) is 2.97. The molecule has 2 amide bonds. The lowest BCUT2D eigenvalue weighted by molar-refractivity contribution is 0.217. The summed E-state index contributed by atoms with van der Waals surface area (Å²) in [5.74, 6) is 0. The molecule has 0 aliphatic carbocycles. The molecule has 5 nitrogen and oxygen atoms in total. The van der Waals surface area contributed by atoms with Crippen LogP contribution in [-0.2, 0) is 0 Å². The van der Waals surface area contributed by atoms with Crippen LogP contribution in [0.15, 0.2) is 43.0 Å². The molecule has 0 bridgehead atoms. The van der Waals surface area contributed by atoms with E-state index in [1.54, 1.807) is 17.4 Å². The Bertz CT molecular complexity index is 515. The summed E-state index contributed by atoms with van der Waals surface area (Å²) < 4.78 is 1.91. The first kappa shape index (κ1) is 13.1. The molecule has 0 atom stereocenters. The molecule has 0 saturated heterocycles. The minimum absolute atomic E-state index is 0.0691. The minimum atomic E-state index is -0.0691. The van der Waals surface area contributed by atoms with Gasteiger partial charge in [0.25, 0.3) is 0 Å². The summed E-state index contributed by atoms with van der Waals surface area (Å²) >= 11 is 0. The van der Waals surface area contributed by atoms with E-state index < -0.39 is 0 Å². The molecule has 0 saturated carbocycles. The van der Waals surface area contributed by atoms with E-state index in [-0.39, 0.29) is 6.03 Å². The molecule has 1 aromatic heterocycles. The highest BCUT2D eigenvalue weighted by Gasteiger charge is 2.08. The van der Waals surface area contributed by atoms with Crippen LogP contribution in [0.25, 0.3) is 5.69 Å². The van der Waals surface area contributed by atoms with Crippen molar-refractivity contribution in [2.45, 2.75) is 13.8 Å². The van der Waals surface area contributed by atoms with E-state index >= 15 is 0 Å². The van der Waals surface area contributed by atoms with Crippen molar-refractivity contribution in [1.29, 1.82) is 0 Å². The Kier molecular flexibility index (Phi) is 4.18. The quantitative estimate of drug-likeness (QED) is 0.916. The lowest BCUT2D eigenvalue weighted by atomic mass is 10.3. The molecule has 0 unspecified atom stereocenters. The zero-order valence-corrected chi connectivity index (χ0v) is 11.2. The van der Waals surface area contributed by atoms with Gasteiger partial charge in [-0.1, -0.05) is 0 Å². The van der Waals surface area contributed by atoms with Gasteiger partial charge < -0.3 is 14.8 Å². The van der Waals surface area contributed by atoms with Crippen LogP contribution in [0.4, 0.5) is 10.5 Å². The average molecular weight is 258 g/mol. The van der Waals surface area contributed by atoms with Crippen LogP contribution in [0, 0.1) is 0 Å². The van der Waals surface area contributed by atoms with Gasteiger partial charge in [0.15, 0.2) is 0 Å². The Labute approximate surface area is 112 Å². The standard InChI is InChI=1S/C14H18N4O/c1-3-17(4-2)14(19)16-12-5-7-13(8-6-12)18-10-9-15-11-18/h5-11H,3-4H2,1-2H3,(H,16,19). The summed E-state index contributed by atoms with van der Waals surface area (Å²) in [5, 5.41) is 2.88. The van der Waals surface area contributed by atoms with Crippen molar-refractivity contribution in [3.8, 4) is 5.69 Å². The van der Waals surface area contributed by atoms with Gasteiger partial charge in [-0.2, -0.15) is 0 Å². The molecule has 2 rings (SSSR count). The summed E-state index contributed by atoms with van der Waals surface area (Å²) in [6.07, 6.45) is 5.35. The number of hydrogen-bond acceptors (Lipinski definition) is 2. The van der Waals surface area contributed by atoms with Gasteiger partial charge in [0.05, 0.1) is 6.33 Å². The number of nitrogens with zero attached hydrogens (tertiary/aromatic N) is 3. The fourth-order valence-corrected chi connectivity index (χ4v) is 1.84. The third kappa shape index (κ3) is 3.13. The lowest BCUT2D eigenvalue weighted by Gasteiger charge is -2.19. The van der Waals surface area contributed by atoms with E-state index in [0.29, 0.717) is 13.1 Å². The highest BCUT2D eigenvalue weighted by atomic mass is 16.2. The first-order chi connectivity index (χ1) is 9.24. The molecule has 0 fully saturated rings. The SMILES string of the molecule is CCN(CC)C(=O)Nc1ccc(-n2ccnc2)cc1. The largest absolute Gasteiger partial charge is 0.325 e. The summed E-state index contributed by atoms with van der Waals surface area (Å²) in [6.45, 7) is 5.33. The van der Waals surface area contributed by atoms with Crippen molar-refractivity contribution >= 4 is 11.7 Å². The molecule has 2 aromatic rings. The van der Waals surface area contributed by atoms with Crippen LogP contribution in [0.2, 0.25) is 0 Å². The lowest BCUT2D eigenvalue weighted by Crippen LogP contribution is -2.34. The van der Waals surface area contributed by atoms with Crippen LogP contribution in [-0.4, -0.2) is 33.6 Å². The predicted octanol–water partition coefficient (Wildman–Crippen LogP) is 2.75. The normalized spacial score (nSPS) is 10.2. The highest BCUT2D eigenvalue weighted by Crippen LogP contribution is 2.13. The molecule has 1 aromatic carbocycles. The van der Waals surface area contributed by atoms with Gasteiger partial charge in [0.1, 0.15) is 0 Å². The van der Waals surface area contributed by atoms with Gasteiger partial charge in [-0.15, -0.1) is 0 Å². The van der Waals surface area contributed by atoms with E-state index in [1.165, 1.54) is 0 Å². The predicted molar refractivity (Wildman–Crippen MR) is 75.5 cm³/mol. The van der Waals surface area contributed by atoms with Gasteiger partial charge >= 0.3 is 6.03 Å². The maximum atomic E-state index is 11.9. The van der Waals surface area contributed by atoms with E-state index in [9.17, 15) is 4.79 Å². The molecule has 1 heterocycles. The molecule has 0 radical (unpaired) electrons. The van der Waals surface area contributed by atoms with Crippen LogP contribution in [0.1, 0.15) is 13.8 Å². The Morgan fingerprint density at radius 2 is 1.95 bits per heavy atom. The van der Waals surface area contributed by atoms with Crippen molar-refractivity contribution < 1.29 is 4.79 Å². The topological polar surface area (TPSA) is 50.2 Å². The van der Waals surface area contributed by atoms with E-state index in [0.717, 1.165) is 11.4 Å². The number of urea groups is 1. The van der Waals surface area contributed by atoms with Crippen LogP contribution in [0.5, 0.6) is 0 Å². The third-order valence-electron chi connectivity index (χ3n) is 2.97. The van der Waals surface area contributed by atoms with Crippen molar-refractivity contribution in [3.05, 3.63) is 43.0 Å². The zero-order chi connectivity index (χ0) is 13.7. The molecule has 0 aliphatic heterocycles. The average Bonchev–Trinajstić information content (AvgIpc) is 2.95. The smallest absolute Gasteiger partial charge is 0.321 e. The number of aromatic nitrogens is 2. The number of imidazole rings is 1.